The first-order chi connectivity index (χ1) is 11.6. The summed E-state index contributed by atoms with van der Waals surface area (Å²) in [4.78, 5) is 0. The average molecular weight is 354 g/mol. The fraction of sp³-hybridized carbons (Fsp3) is 0.400. The van der Waals surface area contributed by atoms with Gasteiger partial charge in [0.2, 0.25) is 0 Å². The third-order valence-electron chi connectivity index (χ3n) is 4.23. The lowest BCUT2D eigenvalue weighted by Gasteiger charge is -2.20. The van der Waals surface area contributed by atoms with Gasteiger partial charge in [0.1, 0.15) is 11.6 Å². The lowest BCUT2D eigenvalue weighted by molar-refractivity contribution is -0.137. The van der Waals surface area contributed by atoms with Crippen LogP contribution in [0.15, 0.2) is 30.3 Å². The molecule has 0 radical (unpaired) electrons. The van der Waals surface area contributed by atoms with Gasteiger partial charge in [0.25, 0.3) is 0 Å². The maximum absolute atomic E-state index is 14.2. The largest absolute Gasteiger partial charge is 0.496 e. The predicted octanol–water partition coefficient (Wildman–Crippen LogP) is 6.77. The van der Waals surface area contributed by atoms with Crippen molar-refractivity contribution >= 4 is 0 Å². The van der Waals surface area contributed by atoms with Gasteiger partial charge in [-0.2, -0.15) is 13.2 Å². The van der Waals surface area contributed by atoms with E-state index in [1.165, 1.54) is 19.2 Å². The van der Waals surface area contributed by atoms with E-state index < -0.39 is 11.7 Å². The molecule has 25 heavy (non-hydrogen) atoms. The van der Waals surface area contributed by atoms with E-state index >= 15 is 0 Å². The molecule has 136 valence electrons. The maximum atomic E-state index is 14.2. The van der Waals surface area contributed by atoms with Gasteiger partial charge >= 0.3 is 6.18 Å². The number of methoxy groups -OCH3 is 1. The highest BCUT2D eigenvalue weighted by atomic mass is 19.4. The molecule has 0 bridgehead atoms. The second-order valence-electron chi connectivity index (χ2n) is 6.68. The van der Waals surface area contributed by atoms with E-state index in [0.29, 0.717) is 28.0 Å². The lowest BCUT2D eigenvalue weighted by Crippen LogP contribution is -2.07. The topological polar surface area (TPSA) is 9.23 Å². The number of halogens is 4. The van der Waals surface area contributed by atoms with Crippen LogP contribution in [-0.2, 0) is 6.18 Å². The first kappa shape index (κ1) is 19.3. The van der Waals surface area contributed by atoms with Crippen LogP contribution in [0.25, 0.3) is 11.1 Å². The second kappa shape index (κ2) is 7.06. The van der Waals surface area contributed by atoms with E-state index in [9.17, 15) is 17.6 Å². The summed E-state index contributed by atoms with van der Waals surface area (Å²) in [6.07, 6.45) is -4.40. The molecule has 0 N–H and O–H groups in total. The Morgan fingerprint density at radius 3 is 1.92 bits per heavy atom. The smallest absolute Gasteiger partial charge is 0.416 e. The summed E-state index contributed by atoms with van der Waals surface area (Å²) in [5, 5.41) is 0. The van der Waals surface area contributed by atoms with Gasteiger partial charge in [0.05, 0.1) is 12.7 Å². The molecule has 2 aromatic carbocycles. The van der Waals surface area contributed by atoms with E-state index in [-0.39, 0.29) is 17.7 Å². The molecule has 0 aliphatic heterocycles. The Hall–Kier alpha value is -2.04. The first-order valence-electron chi connectivity index (χ1n) is 8.15. The fourth-order valence-corrected chi connectivity index (χ4v) is 2.86. The van der Waals surface area contributed by atoms with Crippen molar-refractivity contribution < 1.29 is 22.3 Å². The number of alkyl halides is 3. The van der Waals surface area contributed by atoms with Gasteiger partial charge in [0.15, 0.2) is 0 Å². The number of benzene rings is 2. The van der Waals surface area contributed by atoms with Crippen LogP contribution in [-0.4, -0.2) is 7.11 Å². The molecule has 2 aromatic rings. The molecule has 0 unspecified atom stereocenters. The Morgan fingerprint density at radius 2 is 1.44 bits per heavy atom. The minimum absolute atomic E-state index is 0.0541. The van der Waals surface area contributed by atoms with Crippen molar-refractivity contribution in [3.8, 4) is 16.9 Å². The van der Waals surface area contributed by atoms with Crippen molar-refractivity contribution in [3.63, 3.8) is 0 Å². The zero-order valence-electron chi connectivity index (χ0n) is 15.0. The molecule has 1 nitrogen and oxygen atoms in total. The Labute approximate surface area is 145 Å². The van der Waals surface area contributed by atoms with Crippen molar-refractivity contribution in [2.24, 2.45) is 0 Å². The summed E-state index contributed by atoms with van der Waals surface area (Å²) in [5.41, 5.74) is 1.59. The third-order valence-corrected chi connectivity index (χ3v) is 4.23. The van der Waals surface area contributed by atoms with Crippen LogP contribution in [0.5, 0.6) is 5.75 Å². The molecule has 0 amide bonds. The highest BCUT2D eigenvalue weighted by Gasteiger charge is 2.31. The van der Waals surface area contributed by atoms with Gasteiger partial charge in [-0.1, -0.05) is 33.8 Å². The quantitative estimate of drug-likeness (QED) is 0.551. The van der Waals surface area contributed by atoms with Crippen LogP contribution in [0.3, 0.4) is 0 Å². The lowest BCUT2D eigenvalue weighted by atomic mass is 9.88. The third kappa shape index (κ3) is 3.97. The fourth-order valence-electron chi connectivity index (χ4n) is 2.86. The summed E-state index contributed by atoms with van der Waals surface area (Å²) in [5.74, 6) is -0.256. The Balaban J connectivity index is 2.75. The van der Waals surface area contributed by atoms with Crippen LogP contribution >= 0.6 is 0 Å². The van der Waals surface area contributed by atoms with Crippen LogP contribution in [0.2, 0.25) is 0 Å². The highest BCUT2D eigenvalue weighted by Crippen LogP contribution is 2.41. The zero-order chi connectivity index (χ0) is 18.9. The molecule has 0 atom stereocenters. The van der Waals surface area contributed by atoms with E-state index in [0.717, 1.165) is 12.1 Å². The molecule has 2 rings (SSSR count). The van der Waals surface area contributed by atoms with Gasteiger partial charge in [-0.15, -0.1) is 0 Å². The Bertz CT molecular complexity index is 761. The molecule has 0 fully saturated rings. The van der Waals surface area contributed by atoms with Crippen molar-refractivity contribution in [2.45, 2.75) is 45.7 Å². The number of rotatable bonds is 4. The predicted molar refractivity (Wildman–Crippen MR) is 91.6 cm³/mol. The normalized spacial score (nSPS) is 12.1. The molecule has 0 spiro atoms. The number of hydrogen-bond donors (Lipinski definition) is 0. The SMILES string of the molecule is COc1cc(F)c(C(C)C)cc1-c1ccc(C(F)(F)F)cc1C(C)C. The molecule has 5 heteroatoms. The monoisotopic (exact) mass is 354 g/mol. The summed E-state index contributed by atoms with van der Waals surface area (Å²) in [7, 11) is 1.42. The molecule has 0 saturated carbocycles. The summed E-state index contributed by atoms with van der Waals surface area (Å²) >= 11 is 0. The molecule has 0 aliphatic carbocycles. The van der Waals surface area contributed by atoms with E-state index in [2.05, 4.69) is 0 Å². The van der Waals surface area contributed by atoms with E-state index in [4.69, 9.17) is 4.74 Å². The second-order valence-corrected chi connectivity index (χ2v) is 6.68. The summed E-state index contributed by atoms with van der Waals surface area (Å²) in [6.45, 7) is 7.40. The Morgan fingerprint density at radius 1 is 0.840 bits per heavy atom. The van der Waals surface area contributed by atoms with Crippen molar-refractivity contribution in [2.75, 3.05) is 7.11 Å². The van der Waals surface area contributed by atoms with Crippen LogP contribution < -0.4 is 4.74 Å². The maximum Gasteiger partial charge on any atom is 0.416 e. The Kier molecular flexibility index (Phi) is 5.45. The summed E-state index contributed by atoms with van der Waals surface area (Å²) < 4.78 is 58.7. The van der Waals surface area contributed by atoms with E-state index in [1.54, 1.807) is 6.07 Å². The summed E-state index contributed by atoms with van der Waals surface area (Å²) in [6, 6.07) is 6.63. The van der Waals surface area contributed by atoms with E-state index in [1.807, 2.05) is 27.7 Å². The van der Waals surface area contributed by atoms with Gasteiger partial charge in [0, 0.05) is 11.6 Å². The van der Waals surface area contributed by atoms with Crippen molar-refractivity contribution in [1.82, 2.24) is 0 Å². The standard InChI is InChI=1S/C20H22F4O/c1-11(2)15-8-13(20(22,23)24)6-7-14(15)17-9-16(12(3)4)18(21)10-19(17)25-5/h6-12H,1-5H3. The van der Waals surface area contributed by atoms with Crippen molar-refractivity contribution in [1.29, 1.82) is 0 Å². The first-order valence-corrected chi connectivity index (χ1v) is 8.15. The molecular weight excluding hydrogens is 332 g/mol. The molecular formula is C20H22F4O. The van der Waals surface area contributed by atoms with Crippen LogP contribution in [0.1, 0.15) is 56.2 Å². The minimum atomic E-state index is -4.40. The highest BCUT2D eigenvalue weighted by molar-refractivity contribution is 5.75. The average Bonchev–Trinajstić information content (AvgIpc) is 2.52. The molecule has 0 aromatic heterocycles. The minimum Gasteiger partial charge on any atom is -0.496 e. The van der Waals surface area contributed by atoms with Crippen molar-refractivity contribution in [3.05, 3.63) is 52.8 Å². The van der Waals surface area contributed by atoms with Gasteiger partial charge in [-0.3, -0.25) is 0 Å². The van der Waals surface area contributed by atoms with Gasteiger partial charge in [-0.05, 0) is 46.7 Å². The van der Waals surface area contributed by atoms with Crippen LogP contribution in [0.4, 0.5) is 17.6 Å². The van der Waals surface area contributed by atoms with Gasteiger partial charge < -0.3 is 4.74 Å². The van der Waals surface area contributed by atoms with Crippen LogP contribution in [0, 0.1) is 5.82 Å². The zero-order valence-corrected chi connectivity index (χ0v) is 15.0. The number of hydrogen-bond acceptors (Lipinski definition) is 1. The van der Waals surface area contributed by atoms with Gasteiger partial charge in [-0.25, -0.2) is 4.39 Å². The molecule has 0 aliphatic rings. The molecule has 0 heterocycles. The molecule has 0 saturated heterocycles. The number of ether oxygens (including phenoxy) is 1.